The number of benzene rings is 2. The van der Waals surface area contributed by atoms with E-state index in [1.807, 2.05) is 24.3 Å². The highest BCUT2D eigenvalue weighted by Gasteiger charge is 2.37. The first-order chi connectivity index (χ1) is 16.6. The molecule has 184 valence electrons. The van der Waals surface area contributed by atoms with E-state index in [1.165, 1.54) is 18.2 Å². The Morgan fingerprint density at radius 3 is 2.46 bits per heavy atom. The first-order valence-electron chi connectivity index (χ1n) is 11.5. The lowest BCUT2D eigenvalue weighted by Gasteiger charge is -2.27. The Balaban J connectivity index is 1.76. The van der Waals surface area contributed by atoms with Gasteiger partial charge in [0.1, 0.15) is 5.82 Å². The van der Waals surface area contributed by atoms with Crippen molar-refractivity contribution < 1.29 is 34.3 Å². The van der Waals surface area contributed by atoms with Gasteiger partial charge in [-0.15, -0.1) is 0 Å². The summed E-state index contributed by atoms with van der Waals surface area (Å²) in [4.78, 5) is 16.5. The van der Waals surface area contributed by atoms with Crippen molar-refractivity contribution in [1.82, 2.24) is 4.98 Å². The average molecular weight is 482 g/mol. The Hall–Kier alpha value is -3.17. The number of esters is 1. The molecule has 1 saturated carbocycles. The zero-order valence-electron chi connectivity index (χ0n) is 19.3. The molecule has 7 nitrogen and oxygen atoms in total. The smallest absolute Gasteiger partial charge is 0.311 e. The van der Waals surface area contributed by atoms with Crippen LogP contribution in [0.3, 0.4) is 0 Å². The van der Waals surface area contributed by atoms with E-state index in [2.05, 4.69) is 0 Å². The highest BCUT2D eigenvalue weighted by atomic mass is 19.1. The number of carbonyl (C=O) groups excluding carboxylic acids is 1. The highest BCUT2D eigenvalue weighted by Crippen LogP contribution is 2.45. The maximum absolute atomic E-state index is 13.7. The second kappa shape index (κ2) is 9.83. The molecule has 0 aliphatic heterocycles. The Kier molecular flexibility index (Phi) is 7.00. The van der Waals surface area contributed by atoms with Gasteiger partial charge < -0.3 is 25.2 Å². The number of rotatable bonds is 9. The SMILES string of the molecule is CCOC(=O)CC(O)(O)CC(O)(O)C=Cc1c(C2CC2)nc2ccccc2c1-c1ccc(F)cc1. The molecule has 2 aromatic carbocycles. The fourth-order valence-electron chi connectivity index (χ4n) is 4.21. The molecule has 3 aromatic rings. The number of nitrogens with zero attached hydrogens (tertiary/aromatic N) is 1. The molecule has 4 N–H and O–H groups in total. The summed E-state index contributed by atoms with van der Waals surface area (Å²) in [7, 11) is 0. The number of aliphatic hydroxyl groups is 4. The Morgan fingerprint density at radius 1 is 1.11 bits per heavy atom. The number of carbonyl (C=O) groups is 1. The molecule has 1 aliphatic carbocycles. The largest absolute Gasteiger partial charge is 0.466 e. The summed E-state index contributed by atoms with van der Waals surface area (Å²) in [5.41, 5.74) is 3.67. The molecule has 1 aliphatic rings. The summed E-state index contributed by atoms with van der Waals surface area (Å²) in [6, 6.07) is 13.6. The van der Waals surface area contributed by atoms with Gasteiger partial charge in [0, 0.05) is 22.4 Å². The molecule has 1 heterocycles. The van der Waals surface area contributed by atoms with E-state index in [4.69, 9.17) is 9.72 Å². The molecule has 0 saturated heterocycles. The predicted octanol–water partition coefficient (Wildman–Crippen LogP) is 3.64. The third-order valence-corrected chi connectivity index (χ3v) is 5.85. The van der Waals surface area contributed by atoms with E-state index in [1.54, 1.807) is 19.1 Å². The predicted molar refractivity (Wildman–Crippen MR) is 128 cm³/mol. The van der Waals surface area contributed by atoms with Crippen molar-refractivity contribution >= 4 is 22.9 Å². The molecule has 0 radical (unpaired) electrons. The average Bonchev–Trinajstić information content (AvgIpc) is 3.62. The van der Waals surface area contributed by atoms with E-state index in [0.29, 0.717) is 5.56 Å². The van der Waals surface area contributed by atoms with Crippen LogP contribution in [-0.2, 0) is 9.53 Å². The van der Waals surface area contributed by atoms with Crippen molar-refractivity contribution in [2.75, 3.05) is 6.61 Å². The number of fused-ring (bicyclic) bond motifs is 1. The minimum Gasteiger partial charge on any atom is -0.466 e. The van der Waals surface area contributed by atoms with Crippen LogP contribution in [0.2, 0.25) is 0 Å². The van der Waals surface area contributed by atoms with Gasteiger partial charge in [0.05, 0.1) is 30.7 Å². The van der Waals surface area contributed by atoms with Gasteiger partial charge in [0.2, 0.25) is 0 Å². The third kappa shape index (κ3) is 6.10. The van der Waals surface area contributed by atoms with E-state index in [-0.39, 0.29) is 18.3 Å². The normalized spacial score (nSPS) is 14.6. The molecule has 0 amide bonds. The van der Waals surface area contributed by atoms with Crippen LogP contribution in [-0.4, -0.2) is 49.6 Å². The molecule has 1 fully saturated rings. The van der Waals surface area contributed by atoms with E-state index in [9.17, 15) is 29.6 Å². The van der Waals surface area contributed by atoms with Crippen LogP contribution >= 0.6 is 0 Å². The molecule has 8 heteroatoms. The van der Waals surface area contributed by atoms with Crippen LogP contribution in [0, 0.1) is 5.82 Å². The van der Waals surface area contributed by atoms with Crippen LogP contribution in [0.1, 0.15) is 49.8 Å². The number of hydrogen-bond acceptors (Lipinski definition) is 7. The maximum Gasteiger partial charge on any atom is 0.311 e. The summed E-state index contributed by atoms with van der Waals surface area (Å²) in [5.74, 6) is -6.39. The van der Waals surface area contributed by atoms with Gasteiger partial charge in [-0.2, -0.15) is 0 Å². The van der Waals surface area contributed by atoms with Gasteiger partial charge in [-0.3, -0.25) is 9.78 Å². The van der Waals surface area contributed by atoms with Crippen LogP contribution in [0.5, 0.6) is 0 Å². The number of halogens is 1. The minimum absolute atomic E-state index is 0.0588. The van der Waals surface area contributed by atoms with E-state index in [0.717, 1.165) is 46.6 Å². The van der Waals surface area contributed by atoms with Gasteiger partial charge in [-0.25, -0.2) is 4.39 Å². The summed E-state index contributed by atoms with van der Waals surface area (Å²) >= 11 is 0. The molecule has 0 atom stereocenters. The number of pyridine rings is 1. The number of ether oxygens (including phenoxy) is 1. The zero-order valence-corrected chi connectivity index (χ0v) is 19.3. The number of para-hydroxylation sites is 1. The van der Waals surface area contributed by atoms with Crippen molar-refractivity contribution in [3.05, 3.63) is 71.7 Å². The lowest BCUT2D eigenvalue weighted by Crippen LogP contribution is -2.42. The lowest BCUT2D eigenvalue weighted by atomic mass is 9.91. The Bertz CT molecular complexity index is 1250. The van der Waals surface area contributed by atoms with Gasteiger partial charge >= 0.3 is 5.97 Å². The van der Waals surface area contributed by atoms with E-state index < -0.39 is 30.4 Å². The fourth-order valence-corrected chi connectivity index (χ4v) is 4.21. The second-order valence-electron chi connectivity index (χ2n) is 8.94. The zero-order chi connectivity index (χ0) is 25.2. The summed E-state index contributed by atoms with van der Waals surface area (Å²) in [6.45, 7) is 1.64. The quantitative estimate of drug-likeness (QED) is 0.272. The molecule has 1 aromatic heterocycles. The topological polar surface area (TPSA) is 120 Å². The number of hydrogen-bond donors (Lipinski definition) is 4. The van der Waals surface area contributed by atoms with Crippen molar-refractivity contribution in [3.63, 3.8) is 0 Å². The Morgan fingerprint density at radius 2 is 1.80 bits per heavy atom. The van der Waals surface area contributed by atoms with Gasteiger partial charge in [0.15, 0.2) is 11.6 Å². The van der Waals surface area contributed by atoms with Gasteiger partial charge in [0.25, 0.3) is 0 Å². The van der Waals surface area contributed by atoms with Crippen molar-refractivity contribution in [3.8, 4) is 11.1 Å². The molecular weight excluding hydrogens is 453 g/mol. The molecule has 4 rings (SSSR count). The standard InChI is InChI=1S/C27H28FNO6/c1-2-35-23(30)15-27(33,34)16-26(31,32)14-13-21-24(17-9-11-19(28)12-10-17)20-5-3-4-6-22(20)29-25(21)18-7-8-18/h3-6,9-14,18,31-34H,2,7-8,15-16H2,1H3. The molecule has 35 heavy (non-hydrogen) atoms. The maximum atomic E-state index is 13.7. The first kappa shape index (κ1) is 24.9. The van der Waals surface area contributed by atoms with Crippen LogP contribution in [0.25, 0.3) is 28.1 Å². The molecular formula is C27H28FNO6. The van der Waals surface area contributed by atoms with Crippen molar-refractivity contribution in [2.24, 2.45) is 0 Å². The first-order valence-corrected chi connectivity index (χ1v) is 11.5. The number of aromatic nitrogens is 1. The third-order valence-electron chi connectivity index (χ3n) is 5.85. The molecule has 0 bridgehead atoms. The lowest BCUT2D eigenvalue weighted by molar-refractivity contribution is -0.239. The van der Waals surface area contributed by atoms with Crippen LogP contribution in [0.15, 0.2) is 54.6 Å². The Labute approximate surface area is 202 Å². The van der Waals surface area contributed by atoms with Gasteiger partial charge in [-0.1, -0.05) is 36.4 Å². The van der Waals surface area contributed by atoms with Gasteiger partial charge in [-0.05, 0) is 49.6 Å². The molecule has 0 unspecified atom stereocenters. The molecule has 0 spiro atoms. The van der Waals surface area contributed by atoms with Crippen molar-refractivity contribution in [2.45, 2.75) is 50.1 Å². The fraction of sp³-hybridized carbons (Fsp3) is 0.333. The van der Waals surface area contributed by atoms with Crippen LogP contribution in [0.4, 0.5) is 4.39 Å². The second-order valence-corrected chi connectivity index (χ2v) is 8.94. The minimum atomic E-state index is -2.69. The summed E-state index contributed by atoms with van der Waals surface area (Å²) in [6.07, 6.45) is 2.66. The monoisotopic (exact) mass is 481 g/mol. The highest BCUT2D eigenvalue weighted by molar-refractivity contribution is 5.99. The van der Waals surface area contributed by atoms with E-state index >= 15 is 0 Å². The summed E-state index contributed by atoms with van der Waals surface area (Å²) < 4.78 is 18.4. The van der Waals surface area contributed by atoms with Crippen LogP contribution < -0.4 is 0 Å². The summed E-state index contributed by atoms with van der Waals surface area (Å²) in [5, 5.41) is 42.2. The van der Waals surface area contributed by atoms with Crippen molar-refractivity contribution in [1.29, 1.82) is 0 Å².